The van der Waals surface area contributed by atoms with E-state index in [4.69, 9.17) is 4.74 Å². The predicted octanol–water partition coefficient (Wildman–Crippen LogP) is 4.71. The maximum Gasteiger partial charge on any atom is 0.247 e. The lowest BCUT2D eigenvalue weighted by Gasteiger charge is -2.13. The Kier molecular flexibility index (Phi) is 6.09. The molecule has 1 heterocycles. The van der Waals surface area contributed by atoms with Gasteiger partial charge in [-0.2, -0.15) is 4.98 Å². The van der Waals surface area contributed by atoms with Crippen molar-refractivity contribution in [2.45, 2.75) is 13.8 Å². The van der Waals surface area contributed by atoms with Crippen molar-refractivity contribution in [1.29, 1.82) is 0 Å². The second-order valence-corrected chi connectivity index (χ2v) is 6.43. The SMILES string of the molecule is C=CC(=O)Nc1cc(Nc2nc(Nc3cccc(OC)c3)ncc2C)ccc1C. The molecule has 3 N–H and O–H groups in total. The minimum atomic E-state index is -0.256. The molecule has 0 fully saturated rings. The first-order chi connectivity index (χ1) is 14.0. The number of aryl methyl sites for hydroxylation is 2. The Labute approximate surface area is 169 Å². The zero-order chi connectivity index (χ0) is 20.8. The molecule has 3 rings (SSSR count). The first-order valence-electron chi connectivity index (χ1n) is 9.04. The summed E-state index contributed by atoms with van der Waals surface area (Å²) in [7, 11) is 1.62. The van der Waals surface area contributed by atoms with Crippen molar-refractivity contribution >= 4 is 34.7 Å². The van der Waals surface area contributed by atoms with Crippen LogP contribution in [-0.2, 0) is 4.79 Å². The Bertz CT molecular complexity index is 1050. The Balaban J connectivity index is 1.82. The third kappa shape index (κ3) is 5.10. The van der Waals surface area contributed by atoms with Gasteiger partial charge in [-0.25, -0.2) is 4.98 Å². The highest BCUT2D eigenvalue weighted by molar-refractivity contribution is 5.99. The first kappa shape index (κ1) is 19.9. The van der Waals surface area contributed by atoms with Crippen LogP contribution in [0.4, 0.5) is 28.8 Å². The van der Waals surface area contributed by atoms with Gasteiger partial charge in [0.15, 0.2) is 0 Å². The number of amides is 1. The van der Waals surface area contributed by atoms with E-state index in [0.29, 0.717) is 17.5 Å². The summed E-state index contributed by atoms with van der Waals surface area (Å²) in [6, 6.07) is 13.2. The van der Waals surface area contributed by atoms with Crippen LogP contribution in [0, 0.1) is 13.8 Å². The number of nitrogens with one attached hydrogen (secondary N) is 3. The van der Waals surface area contributed by atoms with E-state index >= 15 is 0 Å². The number of rotatable bonds is 7. The van der Waals surface area contributed by atoms with Gasteiger partial charge in [-0.3, -0.25) is 4.79 Å². The third-order valence-corrected chi connectivity index (χ3v) is 4.24. The molecule has 3 aromatic rings. The second-order valence-electron chi connectivity index (χ2n) is 6.43. The van der Waals surface area contributed by atoms with Crippen LogP contribution in [0.2, 0.25) is 0 Å². The number of hydrogen-bond acceptors (Lipinski definition) is 6. The van der Waals surface area contributed by atoms with Gasteiger partial charge in [-0.15, -0.1) is 0 Å². The zero-order valence-electron chi connectivity index (χ0n) is 16.6. The lowest BCUT2D eigenvalue weighted by atomic mass is 10.1. The van der Waals surface area contributed by atoms with Crippen LogP contribution in [0.1, 0.15) is 11.1 Å². The summed E-state index contributed by atoms with van der Waals surface area (Å²) < 4.78 is 5.24. The summed E-state index contributed by atoms with van der Waals surface area (Å²) in [4.78, 5) is 20.5. The van der Waals surface area contributed by atoms with E-state index in [1.807, 2.05) is 56.3 Å². The van der Waals surface area contributed by atoms with Crippen LogP contribution in [0.15, 0.2) is 61.3 Å². The summed E-state index contributed by atoms with van der Waals surface area (Å²) in [6.07, 6.45) is 2.98. The molecule has 1 amide bonds. The molecule has 0 spiro atoms. The highest BCUT2D eigenvalue weighted by Crippen LogP contribution is 2.26. The molecule has 0 saturated heterocycles. The average molecular weight is 389 g/mol. The van der Waals surface area contributed by atoms with Gasteiger partial charge in [-0.05, 0) is 49.8 Å². The number of carbonyl (C=O) groups excluding carboxylic acids is 1. The van der Waals surface area contributed by atoms with Gasteiger partial charge in [0, 0.05) is 34.9 Å². The molecule has 7 nitrogen and oxygen atoms in total. The molecule has 148 valence electrons. The van der Waals surface area contributed by atoms with Gasteiger partial charge >= 0.3 is 0 Å². The molecule has 7 heteroatoms. The fraction of sp³-hybridized carbons (Fsp3) is 0.136. The molecule has 0 aliphatic rings. The Morgan fingerprint density at radius 1 is 1.07 bits per heavy atom. The first-order valence-corrected chi connectivity index (χ1v) is 9.04. The summed E-state index contributed by atoms with van der Waals surface area (Å²) in [5, 5.41) is 9.26. The van der Waals surface area contributed by atoms with E-state index in [1.165, 1.54) is 6.08 Å². The maximum absolute atomic E-state index is 11.6. The summed E-state index contributed by atoms with van der Waals surface area (Å²) in [5.41, 5.74) is 4.17. The number of carbonyl (C=O) groups is 1. The van der Waals surface area contributed by atoms with Crippen molar-refractivity contribution in [2.24, 2.45) is 0 Å². The molecule has 29 heavy (non-hydrogen) atoms. The topological polar surface area (TPSA) is 88.2 Å². The number of hydrogen-bond donors (Lipinski definition) is 3. The quantitative estimate of drug-likeness (QED) is 0.507. The lowest BCUT2D eigenvalue weighted by molar-refractivity contribution is -0.111. The number of ether oxygens (including phenoxy) is 1. The smallest absolute Gasteiger partial charge is 0.247 e. The van der Waals surface area contributed by atoms with Gasteiger partial charge in [0.2, 0.25) is 11.9 Å². The Morgan fingerprint density at radius 2 is 1.86 bits per heavy atom. The van der Waals surface area contributed by atoms with Crippen LogP contribution < -0.4 is 20.7 Å². The molecular formula is C22H23N5O2. The number of aromatic nitrogens is 2. The van der Waals surface area contributed by atoms with Crippen LogP contribution >= 0.6 is 0 Å². The molecule has 0 aliphatic heterocycles. The van der Waals surface area contributed by atoms with Crippen molar-refractivity contribution in [1.82, 2.24) is 9.97 Å². The lowest BCUT2D eigenvalue weighted by Crippen LogP contribution is -2.09. The van der Waals surface area contributed by atoms with E-state index in [0.717, 1.165) is 28.3 Å². The van der Waals surface area contributed by atoms with Crippen molar-refractivity contribution in [3.05, 3.63) is 72.4 Å². The van der Waals surface area contributed by atoms with Gasteiger partial charge in [-0.1, -0.05) is 18.7 Å². The molecule has 1 aromatic heterocycles. The molecule has 0 radical (unpaired) electrons. The highest BCUT2D eigenvalue weighted by atomic mass is 16.5. The van der Waals surface area contributed by atoms with Crippen molar-refractivity contribution < 1.29 is 9.53 Å². The number of nitrogens with zero attached hydrogens (tertiary/aromatic N) is 2. The van der Waals surface area contributed by atoms with Crippen LogP contribution in [0.3, 0.4) is 0 Å². The van der Waals surface area contributed by atoms with Crippen LogP contribution in [0.5, 0.6) is 5.75 Å². The zero-order valence-corrected chi connectivity index (χ0v) is 16.6. The van der Waals surface area contributed by atoms with E-state index in [2.05, 4.69) is 32.5 Å². The van der Waals surface area contributed by atoms with Crippen molar-refractivity contribution in [2.75, 3.05) is 23.1 Å². The number of methoxy groups -OCH3 is 1. The predicted molar refractivity (Wildman–Crippen MR) is 116 cm³/mol. The van der Waals surface area contributed by atoms with Gasteiger partial charge in [0.05, 0.1) is 7.11 Å². The Hall–Kier alpha value is -3.87. The van der Waals surface area contributed by atoms with Gasteiger partial charge in [0.25, 0.3) is 0 Å². The van der Waals surface area contributed by atoms with Crippen molar-refractivity contribution in [3.63, 3.8) is 0 Å². The Morgan fingerprint density at radius 3 is 2.62 bits per heavy atom. The van der Waals surface area contributed by atoms with Crippen molar-refractivity contribution in [3.8, 4) is 5.75 Å². The third-order valence-electron chi connectivity index (χ3n) is 4.24. The maximum atomic E-state index is 11.6. The van der Waals surface area contributed by atoms with Crippen LogP contribution in [-0.4, -0.2) is 23.0 Å². The summed E-state index contributed by atoms with van der Waals surface area (Å²) >= 11 is 0. The fourth-order valence-corrected chi connectivity index (χ4v) is 2.61. The molecule has 0 bridgehead atoms. The normalized spacial score (nSPS) is 10.2. The van der Waals surface area contributed by atoms with Gasteiger partial charge < -0.3 is 20.7 Å². The van der Waals surface area contributed by atoms with Gasteiger partial charge in [0.1, 0.15) is 11.6 Å². The minimum absolute atomic E-state index is 0.256. The molecule has 0 aliphatic carbocycles. The largest absolute Gasteiger partial charge is 0.497 e. The fourth-order valence-electron chi connectivity index (χ4n) is 2.61. The van der Waals surface area contributed by atoms with E-state index < -0.39 is 0 Å². The molecule has 0 atom stereocenters. The number of anilines is 5. The molecule has 2 aromatic carbocycles. The summed E-state index contributed by atoms with van der Waals surface area (Å²) in [5.74, 6) is 1.61. The molecular weight excluding hydrogens is 366 g/mol. The average Bonchev–Trinajstić information content (AvgIpc) is 2.73. The summed E-state index contributed by atoms with van der Waals surface area (Å²) in [6.45, 7) is 7.33. The molecule has 0 saturated carbocycles. The van der Waals surface area contributed by atoms with E-state index in [-0.39, 0.29) is 5.91 Å². The van der Waals surface area contributed by atoms with E-state index in [9.17, 15) is 4.79 Å². The second kappa shape index (κ2) is 8.88. The monoisotopic (exact) mass is 389 g/mol. The minimum Gasteiger partial charge on any atom is -0.497 e. The van der Waals surface area contributed by atoms with Crippen LogP contribution in [0.25, 0.3) is 0 Å². The number of benzene rings is 2. The highest BCUT2D eigenvalue weighted by Gasteiger charge is 2.08. The molecule has 0 unspecified atom stereocenters. The standard InChI is InChI=1S/C22H23N5O2/c1-5-20(28)26-19-12-17(10-9-14(19)2)24-21-15(3)13-23-22(27-21)25-16-7-6-8-18(11-16)29-4/h5-13H,1H2,2-4H3,(H,26,28)(H2,23,24,25,27). The van der Waals surface area contributed by atoms with E-state index in [1.54, 1.807) is 13.3 Å².